The fourth-order valence-corrected chi connectivity index (χ4v) is 3.47. The first-order valence-electron chi connectivity index (χ1n) is 7.58. The van der Waals surface area contributed by atoms with Crippen molar-refractivity contribution in [1.82, 2.24) is 0 Å². The van der Waals surface area contributed by atoms with E-state index in [1.807, 2.05) is 0 Å². The lowest BCUT2D eigenvalue weighted by Crippen LogP contribution is -2.14. The molecule has 0 heterocycles. The van der Waals surface area contributed by atoms with Crippen LogP contribution in [-0.4, -0.2) is 20.2 Å². The Bertz CT molecular complexity index is 905. The van der Waals surface area contributed by atoms with Crippen molar-refractivity contribution in [1.29, 1.82) is 0 Å². The minimum atomic E-state index is -3.75. The third-order valence-corrected chi connectivity index (χ3v) is 4.74. The van der Waals surface area contributed by atoms with E-state index in [4.69, 9.17) is 4.74 Å². The Morgan fingerprint density at radius 1 is 1.08 bits per heavy atom. The highest BCUT2D eigenvalue weighted by atomic mass is 32.2. The Hall–Kier alpha value is -2.67. The molecule has 132 valence electrons. The SMILES string of the molecule is CC(=O)Cc1cc(NS(=O)(=O)c2ccccc2)cc(C)c1OC(C)=O. The molecule has 0 aliphatic carbocycles. The molecule has 0 aliphatic rings. The largest absolute Gasteiger partial charge is 0.426 e. The van der Waals surface area contributed by atoms with Gasteiger partial charge in [0.05, 0.1) is 4.90 Å². The molecule has 0 spiro atoms. The van der Waals surface area contributed by atoms with Crippen LogP contribution in [0.4, 0.5) is 5.69 Å². The maximum Gasteiger partial charge on any atom is 0.308 e. The zero-order chi connectivity index (χ0) is 18.6. The quantitative estimate of drug-likeness (QED) is 0.631. The third kappa shape index (κ3) is 4.90. The molecule has 0 aromatic heterocycles. The van der Waals surface area contributed by atoms with Gasteiger partial charge in [-0.2, -0.15) is 0 Å². The summed E-state index contributed by atoms with van der Waals surface area (Å²) in [6, 6.07) is 11.0. The van der Waals surface area contributed by atoms with Crippen LogP contribution in [0.25, 0.3) is 0 Å². The Labute approximate surface area is 146 Å². The van der Waals surface area contributed by atoms with Crippen LogP contribution >= 0.6 is 0 Å². The predicted octanol–water partition coefficient (Wildman–Crippen LogP) is 2.85. The molecule has 1 N–H and O–H groups in total. The summed E-state index contributed by atoms with van der Waals surface area (Å²) in [5.41, 5.74) is 1.31. The van der Waals surface area contributed by atoms with Crippen molar-refractivity contribution < 1.29 is 22.7 Å². The molecule has 0 radical (unpaired) electrons. The molecule has 2 aromatic carbocycles. The number of aryl methyl sites for hydroxylation is 1. The summed E-state index contributed by atoms with van der Waals surface area (Å²) in [5.74, 6) is -0.355. The van der Waals surface area contributed by atoms with E-state index in [-0.39, 0.29) is 22.8 Å². The van der Waals surface area contributed by atoms with Gasteiger partial charge in [0.2, 0.25) is 0 Å². The lowest BCUT2D eigenvalue weighted by Gasteiger charge is -2.15. The van der Waals surface area contributed by atoms with E-state index < -0.39 is 16.0 Å². The lowest BCUT2D eigenvalue weighted by atomic mass is 10.0. The van der Waals surface area contributed by atoms with Crippen LogP contribution in [0.5, 0.6) is 5.75 Å². The van der Waals surface area contributed by atoms with Crippen LogP contribution in [0.2, 0.25) is 0 Å². The molecule has 25 heavy (non-hydrogen) atoms. The molecule has 0 aliphatic heterocycles. The number of ether oxygens (including phenoxy) is 1. The summed E-state index contributed by atoms with van der Waals surface area (Å²) < 4.78 is 32.6. The first-order chi connectivity index (χ1) is 11.7. The highest BCUT2D eigenvalue weighted by Crippen LogP contribution is 2.30. The molecular weight excluding hydrogens is 342 g/mol. The molecule has 0 saturated heterocycles. The molecular formula is C18H19NO5S. The second-order valence-corrected chi connectivity index (χ2v) is 7.35. The average molecular weight is 361 g/mol. The topological polar surface area (TPSA) is 89.5 Å². The van der Waals surface area contributed by atoms with Crippen molar-refractivity contribution in [2.45, 2.75) is 32.1 Å². The van der Waals surface area contributed by atoms with Gasteiger partial charge in [-0.05, 0) is 43.7 Å². The molecule has 6 nitrogen and oxygen atoms in total. The summed E-state index contributed by atoms with van der Waals surface area (Å²) in [5, 5.41) is 0. The standard InChI is InChI=1S/C18H19NO5S/c1-12-9-16(19-25(22,23)17-7-5-4-6-8-17)11-15(10-13(2)20)18(12)24-14(3)21/h4-9,11,19H,10H2,1-3H3. The Morgan fingerprint density at radius 2 is 1.72 bits per heavy atom. The van der Waals surface area contributed by atoms with Gasteiger partial charge in [0.1, 0.15) is 11.5 Å². The average Bonchev–Trinajstić information content (AvgIpc) is 2.50. The normalized spacial score (nSPS) is 11.0. The number of Topliss-reactive ketones (excluding diaryl/α,β-unsaturated/α-hetero) is 1. The molecule has 2 aromatic rings. The maximum absolute atomic E-state index is 12.4. The molecule has 0 amide bonds. The lowest BCUT2D eigenvalue weighted by molar-refractivity contribution is -0.132. The van der Waals surface area contributed by atoms with Gasteiger partial charge in [0.15, 0.2) is 0 Å². The first-order valence-corrected chi connectivity index (χ1v) is 9.06. The van der Waals surface area contributed by atoms with Crippen molar-refractivity contribution in [2.75, 3.05) is 4.72 Å². The summed E-state index contributed by atoms with van der Waals surface area (Å²) >= 11 is 0. The first kappa shape index (κ1) is 18.7. The number of esters is 1. The Morgan fingerprint density at radius 3 is 2.28 bits per heavy atom. The molecule has 7 heteroatoms. The zero-order valence-electron chi connectivity index (χ0n) is 14.2. The van der Waals surface area contributed by atoms with Gasteiger partial charge in [0, 0.05) is 24.6 Å². The number of benzene rings is 2. The van der Waals surface area contributed by atoms with Gasteiger partial charge >= 0.3 is 5.97 Å². The fourth-order valence-electron chi connectivity index (χ4n) is 2.41. The smallest absolute Gasteiger partial charge is 0.308 e. The van der Waals surface area contributed by atoms with E-state index in [0.29, 0.717) is 16.8 Å². The van der Waals surface area contributed by atoms with Crippen LogP contribution in [0, 0.1) is 6.92 Å². The highest BCUT2D eigenvalue weighted by molar-refractivity contribution is 7.92. The summed E-state index contributed by atoms with van der Waals surface area (Å²) in [7, 11) is -3.75. The molecule has 0 bridgehead atoms. The van der Waals surface area contributed by atoms with Crippen molar-refractivity contribution in [2.24, 2.45) is 0 Å². The summed E-state index contributed by atoms with van der Waals surface area (Å²) in [6.45, 7) is 4.36. The van der Waals surface area contributed by atoms with Gasteiger partial charge < -0.3 is 4.74 Å². The minimum absolute atomic E-state index is 0.0321. The van der Waals surface area contributed by atoms with Crippen molar-refractivity contribution in [3.8, 4) is 5.75 Å². The van der Waals surface area contributed by atoms with E-state index in [1.54, 1.807) is 31.2 Å². The minimum Gasteiger partial charge on any atom is -0.426 e. The van der Waals surface area contributed by atoms with Crippen LogP contribution in [0.3, 0.4) is 0 Å². The van der Waals surface area contributed by atoms with Crippen LogP contribution in [0.1, 0.15) is 25.0 Å². The fraction of sp³-hybridized carbons (Fsp3) is 0.222. The number of carbonyl (C=O) groups is 2. The molecule has 0 fully saturated rings. The molecule has 0 saturated carbocycles. The van der Waals surface area contributed by atoms with E-state index in [1.165, 1.54) is 32.0 Å². The van der Waals surface area contributed by atoms with Gasteiger partial charge in [0.25, 0.3) is 10.0 Å². The van der Waals surface area contributed by atoms with Crippen LogP contribution < -0.4 is 9.46 Å². The number of ketones is 1. The second-order valence-electron chi connectivity index (χ2n) is 5.67. The van der Waals surface area contributed by atoms with Crippen LogP contribution in [-0.2, 0) is 26.0 Å². The number of rotatable bonds is 6. The van der Waals surface area contributed by atoms with Crippen molar-refractivity contribution in [3.05, 3.63) is 53.6 Å². The highest BCUT2D eigenvalue weighted by Gasteiger charge is 2.18. The monoisotopic (exact) mass is 361 g/mol. The number of sulfonamides is 1. The van der Waals surface area contributed by atoms with Gasteiger partial charge in [-0.1, -0.05) is 18.2 Å². The van der Waals surface area contributed by atoms with Crippen molar-refractivity contribution >= 4 is 27.5 Å². The summed E-state index contributed by atoms with van der Waals surface area (Å²) in [6.07, 6.45) is 0.0321. The van der Waals surface area contributed by atoms with E-state index >= 15 is 0 Å². The third-order valence-electron chi connectivity index (χ3n) is 3.34. The molecule has 0 atom stereocenters. The van der Waals surface area contributed by atoms with Gasteiger partial charge in [-0.25, -0.2) is 8.42 Å². The molecule has 0 unspecified atom stereocenters. The number of anilines is 1. The summed E-state index contributed by atoms with van der Waals surface area (Å²) in [4.78, 5) is 22.9. The number of carbonyl (C=O) groups excluding carboxylic acids is 2. The zero-order valence-corrected chi connectivity index (χ0v) is 15.0. The number of hydrogen-bond donors (Lipinski definition) is 1. The Balaban J connectivity index is 2.44. The molecule has 2 rings (SSSR count). The number of hydrogen-bond acceptors (Lipinski definition) is 5. The van der Waals surface area contributed by atoms with E-state index in [2.05, 4.69) is 4.72 Å². The van der Waals surface area contributed by atoms with Gasteiger partial charge in [-0.15, -0.1) is 0 Å². The second kappa shape index (κ2) is 7.48. The van der Waals surface area contributed by atoms with Crippen LogP contribution in [0.15, 0.2) is 47.4 Å². The van der Waals surface area contributed by atoms with E-state index in [9.17, 15) is 18.0 Å². The Kier molecular flexibility index (Phi) is 5.58. The van der Waals surface area contributed by atoms with E-state index in [0.717, 1.165) is 0 Å². The van der Waals surface area contributed by atoms with Gasteiger partial charge in [-0.3, -0.25) is 14.3 Å². The maximum atomic E-state index is 12.4. The van der Waals surface area contributed by atoms with Crippen molar-refractivity contribution in [3.63, 3.8) is 0 Å². The number of nitrogens with one attached hydrogen (secondary N) is 1. The predicted molar refractivity (Wildman–Crippen MR) is 94.1 cm³/mol.